The number of benzene rings is 2. The predicted octanol–water partition coefficient (Wildman–Crippen LogP) is 6.57. The Bertz CT molecular complexity index is 2500. The van der Waals surface area contributed by atoms with Crippen LogP contribution in [-0.4, -0.2) is 116 Å². The number of aromatic nitrogens is 4. The number of aromatic hydroxyl groups is 1. The minimum atomic E-state index is -0.577. The van der Waals surface area contributed by atoms with Gasteiger partial charge in [0, 0.05) is 55.6 Å². The lowest BCUT2D eigenvalue weighted by Gasteiger charge is -2.35. The molecule has 15 heteroatoms. The van der Waals surface area contributed by atoms with Gasteiger partial charge in [-0.15, -0.1) is 0 Å². The third-order valence-electron chi connectivity index (χ3n) is 14.3. The zero-order chi connectivity index (χ0) is 42.7. The van der Waals surface area contributed by atoms with Crippen molar-refractivity contribution in [1.82, 2.24) is 35.2 Å². The molecular formula is C47H55FN8O6. The summed E-state index contributed by atoms with van der Waals surface area (Å²) < 4.78 is 35.8. The Morgan fingerprint density at radius 2 is 1.90 bits per heavy atom. The molecule has 8 heterocycles. The lowest BCUT2D eigenvalue weighted by molar-refractivity contribution is -0.137. The fourth-order valence-electron chi connectivity index (χ4n) is 11.2. The molecule has 10 rings (SSSR count). The van der Waals surface area contributed by atoms with E-state index in [1.54, 1.807) is 29.3 Å². The number of carbonyl (C=O) groups excluding carboxylic acids is 2. The Hall–Kier alpha value is -5.41. The van der Waals surface area contributed by atoms with Gasteiger partial charge in [0.2, 0.25) is 5.91 Å². The van der Waals surface area contributed by atoms with Gasteiger partial charge in [-0.05, 0) is 104 Å². The maximum atomic E-state index is 17.2. The SMILES string of the molecule is CCc1cccc2cc(O)cc(-c3ncc4c(N5CC6CCC(C5)N6)nc(OCC56CCCN5C(COc5cc(C(C(=O)N7CCCC7C=O)C(C)C)on5)CC6)nc4c3F)c12. The van der Waals surface area contributed by atoms with Crippen LogP contribution < -0.4 is 19.7 Å². The number of aldehydes is 1. The summed E-state index contributed by atoms with van der Waals surface area (Å²) in [6, 6.07) is 11.4. The normalized spacial score (nSPS) is 25.3. The van der Waals surface area contributed by atoms with Gasteiger partial charge in [-0.1, -0.05) is 39.0 Å². The van der Waals surface area contributed by atoms with Crippen molar-refractivity contribution in [2.45, 2.75) is 114 Å². The molecule has 62 heavy (non-hydrogen) atoms. The molecular weight excluding hydrogens is 792 g/mol. The van der Waals surface area contributed by atoms with Crippen LogP contribution in [0.2, 0.25) is 0 Å². The number of halogens is 1. The molecule has 5 fully saturated rings. The van der Waals surface area contributed by atoms with Crippen LogP contribution in [0.5, 0.6) is 17.6 Å². The molecule has 1 amide bonds. The quantitative estimate of drug-likeness (QED) is 0.123. The molecule has 0 radical (unpaired) electrons. The number of amides is 1. The van der Waals surface area contributed by atoms with E-state index in [2.05, 4.69) is 27.2 Å². The highest BCUT2D eigenvalue weighted by Crippen LogP contribution is 2.44. The number of pyridine rings is 1. The van der Waals surface area contributed by atoms with Crippen molar-refractivity contribution in [1.29, 1.82) is 0 Å². The van der Waals surface area contributed by atoms with Gasteiger partial charge < -0.3 is 39.0 Å². The van der Waals surface area contributed by atoms with E-state index in [0.29, 0.717) is 66.7 Å². The second-order valence-electron chi connectivity index (χ2n) is 18.4. The van der Waals surface area contributed by atoms with Gasteiger partial charge in [-0.25, -0.2) is 4.39 Å². The number of aryl methyl sites for hydroxylation is 1. The molecule has 3 aromatic heterocycles. The number of nitrogens with one attached hydrogen (secondary N) is 1. The summed E-state index contributed by atoms with van der Waals surface area (Å²) >= 11 is 0. The van der Waals surface area contributed by atoms with Crippen LogP contribution in [0.4, 0.5) is 10.2 Å². The van der Waals surface area contributed by atoms with E-state index < -0.39 is 17.8 Å². The largest absolute Gasteiger partial charge is 0.508 e. The van der Waals surface area contributed by atoms with Crippen molar-refractivity contribution in [2.75, 3.05) is 44.3 Å². The zero-order valence-electron chi connectivity index (χ0n) is 35.7. The number of phenolic OH excluding ortho intramolecular Hbond substituents is 1. The van der Waals surface area contributed by atoms with Crippen LogP contribution >= 0.6 is 0 Å². The summed E-state index contributed by atoms with van der Waals surface area (Å²) in [4.78, 5) is 46.1. The molecule has 6 atom stereocenters. The van der Waals surface area contributed by atoms with Crippen LogP contribution in [0.1, 0.15) is 89.4 Å². The van der Waals surface area contributed by atoms with Crippen molar-refractivity contribution in [3.8, 4) is 28.9 Å². The van der Waals surface area contributed by atoms with Crippen LogP contribution in [-0.2, 0) is 16.0 Å². The van der Waals surface area contributed by atoms with Crippen molar-refractivity contribution in [3.05, 3.63) is 59.7 Å². The Kier molecular flexibility index (Phi) is 10.7. The number of rotatable bonds is 13. The van der Waals surface area contributed by atoms with E-state index in [4.69, 9.17) is 28.9 Å². The highest BCUT2D eigenvalue weighted by Gasteiger charge is 2.50. The molecule has 5 saturated heterocycles. The van der Waals surface area contributed by atoms with E-state index in [1.807, 2.05) is 32.0 Å². The smallest absolute Gasteiger partial charge is 0.319 e. The summed E-state index contributed by atoms with van der Waals surface area (Å²) in [5.74, 6) is 0.109. The topological polar surface area (TPSA) is 159 Å². The molecule has 326 valence electrons. The van der Waals surface area contributed by atoms with Crippen LogP contribution in [0, 0.1) is 11.7 Å². The number of carbonyl (C=O) groups is 2. The predicted molar refractivity (Wildman–Crippen MR) is 231 cm³/mol. The van der Waals surface area contributed by atoms with Gasteiger partial charge in [0.15, 0.2) is 11.6 Å². The Labute approximate surface area is 360 Å². The summed E-state index contributed by atoms with van der Waals surface area (Å²) in [7, 11) is 0. The maximum absolute atomic E-state index is 17.2. The Morgan fingerprint density at radius 3 is 2.69 bits per heavy atom. The number of ether oxygens (including phenoxy) is 2. The molecule has 5 aromatic rings. The third-order valence-corrected chi connectivity index (χ3v) is 14.3. The summed E-state index contributed by atoms with van der Waals surface area (Å²) in [5, 5.41) is 20.9. The van der Waals surface area contributed by atoms with Gasteiger partial charge in [-0.2, -0.15) is 9.97 Å². The Balaban J connectivity index is 0.903. The molecule has 2 aromatic carbocycles. The van der Waals surface area contributed by atoms with Crippen molar-refractivity contribution in [2.24, 2.45) is 5.92 Å². The monoisotopic (exact) mass is 846 g/mol. The highest BCUT2D eigenvalue weighted by molar-refractivity contribution is 6.01. The summed E-state index contributed by atoms with van der Waals surface area (Å²) in [5.41, 5.74) is 1.55. The molecule has 0 saturated carbocycles. The van der Waals surface area contributed by atoms with Gasteiger partial charge in [0.1, 0.15) is 48.2 Å². The lowest BCUT2D eigenvalue weighted by atomic mass is 9.91. The van der Waals surface area contributed by atoms with E-state index in [-0.39, 0.29) is 46.4 Å². The van der Waals surface area contributed by atoms with E-state index in [1.165, 1.54) is 0 Å². The number of piperazine rings is 1. The Morgan fingerprint density at radius 1 is 1.06 bits per heavy atom. The number of hydrogen-bond donors (Lipinski definition) is 2. The van der Waals surface area contributed by atoms with Gasteiger partial charge in [-0.3, -0.25) is 14.7 Å². The number of phenols is 1. The molecule has 5 aliphatic heterocycles. The average molecular weight is 847 g/mol. The van der Waals surface area contributed by atoms with Crippen LogP contribution in [0.3, 0.4) is 0 Å². The van der Waals surface area contributed by atoms with E-state index in [9.17, 15) is 14.7 Å². The number of hydrogen-bond acceptors (Lipinski definition) is 13. The maximum Gasteiger partial charge on any atom is 0.319 e. The first-order valence-corrected chi connectivity index (χ1v) is 22.5. The zero-order valence-corrected chi connectivity index (χ0v) is 35.7. The second kappa shape index (κ2) is 16.4. The number of nitrogens with zero attached hydrogens (tertiary/aromatic N) is 7. The van der Waals surface area contributed by atoms with E-state index >= 15 is 4.39 Å². The molecule has 0 aliphatic carbocycles. The first-order chi connectivity index (χ1) is 30.1. The minimum Gasteiger partial charge on any atom is -0.508 e. The standard InChI is InChI=1S/C47H55FN8O6/c1-4-28-8-5-9-29-18-34(58)19-35(40(28)29)42-41(48)43-36(21-49-42)44(54-22-30-11-12-31(23-54)50-30)52-46(51-43)61-26-47-14-7-17-56(47)33(13-15-47)25-60-38-20-37(62-53-38)39(27(2)3)45(59)55-16-6-10-32(55)24-57/h5,8-9,18-21,24,27,30-33,39,50,58H,4,6-7,10-17,22-23,25-26H2,1-3H3. The second-order valence-corrected chi connectivity index (χ2v) is 18.4. The fourth-order valence-corrected chi connectivity index (χ4v) is 11.2. The van der Waals surface area contributed by atoms with Crippen molar-refractivity contribution < 1.29 is 33.1 Å². The summed E-state index contributed by atoms with van der Waals surface area (Å²) in [6.45, 7) is 9.64. The number of fused-ring (bicyclic) bond motifs is 5. The average Bonchev–Trinajstić information content (AvgIpc) is 4.12. The van der Waals surface area contributed by atoms with Gasteiger partial charge >= 0.3 is 6.01 Å². The molecule has 6 unspecified atom stereocenters. The first kappa shape index (κ1) is 40.6. The third kappa shape index (κ3) is 7.20. The lowest BCUT2D eigenvalue weighted by Crippen LogP contribution is -2.51. The number of anilines is 1. The van der Waals surface area contributed by atoms with Crippen LogP contribution in [0.25, 0.3) is 32.9 Å². The van der Waals surface area contributed by atoms with Crippen LogP contribution in [0.15, 0.2) is 47.1 Å². The van der Waals surface area contributed by atoms with E-state index in [0.717, 1.165) is 93.6 Å². The highest BCUT2D eigenvalue weighted by atomic mass is 19.1. The van der Waals surface area contributed by atoms with Crippen molar-refractivity contribution >= 4 is 39.7 Å². The van der Waals surface area contributed by atoms with Gasteiger partial charge in [0.05, 0.1) is 17.0 Å². The molecule has 2 bridgehead atoms. The molecule has 5 aliphatic rings. The minimum absolute atomic E-state index is 0.0380. The van der Waals surface area contributed by atoms with Gasteiger partial charge in [0.25, 0.3) is 5.88 Å². The molecule has 2 N–H and O–H groups in total. The summed E-state index contributed by atoms with van der Waals surface area (Å²) in [6.07, 6.45) is 10.6. The molecule has 0 spiro atoms. The molecule has 14 nitrogen and oxygen atoms in total. The number of likely N-dealkylation sites (tertiary alicyclic amines) is 1. The first-order valence-electron chi connectivity index (χ1n) is 22.5. The van der Waals surface area contributed by atoms with Crippen molar-refractivity contribution in [3.63, 3.8) is 0 Å². The fraction of sp³-hybridized carbons (Fsp3) is 0.532.